The van der Waals surface area contributed by atoms with Crippen LogP contribution >= 0.6 is 11.8 Å². The normalized spacial score (nSPS) is 15.2. The minimum Gasteiger partial charge on any atom is -0.353 e. The number of hydrogen-bond acceptors (Lipinski definition) is 5. The van der Waals surface area contributed by atoms with Gasteiger partial charge in [0.05, 0.1) is 11.3 Å². The minimum absolute atomic E-state index is 0.0351. The molecule has 2 aromatic heterocycles. The van der Waals surface area contributed by atoms with Crippen molar-refractivity contribution in [3.05, 3.63) is 58.0 Å². The second-order valence-corrected chi connectivity index (χ2v) is 9.25. The summed E-state index contributed by atoms with van der Waals surface area (Å²) in [4.78, 5) is 37.8. The van der Waals surface area contributed by atoms with E-state index >= 15 is 0 Å². The Hall–Kier alpha value is -2.58. The highest BCUT2D eigenvalue weighted by molar-refractivity contribution is 7.99. The van der Waals surface area contributed by atoms with Gasteiger partial charge in [0.15, 0.2) is 5.16 Å². The number of nitrogens with zero attached hydrogens (tertiary/aromatic N) is 4. The fraction of sp³-hybridized carbons (Fsp3) is 0.435. The number of aromatic amines is 1. The molecular weight excluding hydrogens is 410 g/mol. The molecule has 0 radical (unpaired) electrons. The molecule has 0 saturated carbocycles. The van der Waals surface area contributed by atoms with Crippen molar-refractivity contribution in [2.24, 2.45) is 0 Å². The predicted octanol–water partition coefficient (Wildman–Crippen LogP) is 3.05. The number of aryl methyl sites for hydroxylation is 1. The van der Waals surface area contributed by atoms with Gasteiger partial charge in [0.25, 0.3) is 5.56 Å². The molecule has 1 amide bonds. The molecule has 0 aliphatic carbocycles. The van der Waals surface area contributed by atoms with Crippen LogP contribution in [0.25, 0.3) is 11.0 Å². The Labute approximate surface area is 186 Å². The van der Waals surface area contributed by atoms with Crippen LogP contribution in [-0.2, 0) is 11.3 Å². The van der Waals surface area contributed by atoms with E-state index in [2.05, 4.69) is 39.1 Å². The van der Waals surface area contributed by atoms with Gasteiger partial charge in [-0.05, 0) is 32.4 Å². The number of rotatable bonds is 6. The third-order valence-electron chi connectivity index (χ3n) is 5.60. The summed E-state index contributed by atoms with van der Waals surface area (Å²) in [6, 6.07) is 12.3. The summed E-state index contributed by atoms with van der Waals surface area (Å²) in [7, 11) is 0. The Morgan fingerprint density at radius 2 is 1.87 bits per heavy atom. The summed E-state index contributed by atoms with van der Waals surface area (Å²) in [5.74, 6) is 0.381. The van der Waals surface area contributed by atoms with Crippen LogP contribution in [0.4, 0.5) is 0 Å². The molecule has 7 nitrogen and oxygen atoms in total. The molecule has 4 rings (SSSR count). The first-order chi connectivity index (χ1) is 14.9. The van der Waals surface area contributed by atoms with Crippen molar-refractivity contribution in [3.8, 4) is 0 Å². The largest absolute Gasteiger partial charge is 0.353 e. The van der Waals surface area contributed by atoms with Crippen molar-refractivity contribution in [2.45, 2.75) is 38.5 Å². The Balaban J connectivity index is 1.38. The zero-order valence-corrected chi connectivity index (χ0v) is 19.1. The number of piperazine rings is 1. The highest BCUT2D eigenvalue weighted by atomic mass is 32.2. The molecule has 1 fully saturated rings. The van der Waals surface area contributed by atoms with Gasteiger partial charge < -0.3 is 9.88 Å². The van der Waals surface area contributed by atoms with Crippen molar-refractivity contribution >= 4 is 28.7 Å². The van der Waals surface area contributed by atoms with Gasteiger partial charge in [-0.2, -0.15) is 0 Å². The first-order valence-corrected chi connectivity index (χ1v) is 11.7. The van der Waals surface area contributed by atoms with Crippen LogP contribution in [0.1, 0.15) is 31.1 Å². The molecule has 0 atom stereocenters. The topological polar surface area (TPSA) is 74.2 Å². The van der Waals surface area contributed by atoms with E-state index in [-0.39, 0.29) is 23.3 Å². The number of carbonyl (C=O) groups is 1. The highest BCUT2D eigenvalue weighted by Crippen LogP contribution is 2.22. The number of hydrogen-bond donors (Lipinski definition) is 1. The molecular formula is C23H29N5O2S. The van der Waals surface area contributed by atoms with Crippen LogP contribution in [0, 0.1) is 6.92 Å². The number of thioether (sulfide) groups is 1. The summed E-state index contributed by atoms with van der Waals surface area (Å²) in [5, 5.41) is 0.600. The summed E-state index contributed by atoms with van der Waals surface area (Å²) in [6.45, 7) is 9.95. The van der Waals surface area contributed by atoms with Crippen LogP contribution in [-0.4, -0.2) is 62.2 Å². The number of carbonyl (C=O) groups excluding carboxylic acids is 1. The molecule has 31 heavy (non-hydrogen) atoms. The van der Waals surface area contributed by atoms with Crippen LogP contribution in [0.2, 0.25) is 0 Å². The van der Waals surface area contributed by atoms with E-state index in [9.17, 15) is 9.59 Å². The second kappa shape index (κ2) is 9.28. The Morgan fingerprint density at radius 1 is 1.16 bits per heavy atom. The van der Waals surface area contributed by atoms with Gasteiger partial charge >= 0.3 is 0 Å². The summed E-state index contributed by atoms with van der Waals surface area (Å²) < 4.78 is 1.67. The number of nitrogens with one attached hydrogen (secondary N) is 1. The number of amides is 1. The summed E-state index contributed by atoms with van der Waals surface area (Å²) >= 11 is 1.35. The Bertz CT molecular complexity index is 1110. The molecule has 8 heteroatoms. The van der Waals surface area contributed by atoms with Gasteiger partial charge in [-0.3, -0.25) is 19.1 Å². The maximum atomic E-state index is 12.9. The van der Waals surface area contributed by atoms with Gasteiger partial charge in [-0.25, -0.2) is 4.98 Å². The average molecular weight is 440 g/mol. The lowest BCUT2D eigenvalue weighted by Gasteiger charge is -2.34. The molecule has 0 bridgehead atoms. The maximum absolute atomic E-state index is 12.9. The van der Waals surface area contributed by atoms with E-state index in [4.69, 9.17) is 0 Å². The third kappa shape index (κ3) is 4.85. The fourth-order valence-electron chi connectivity index (χ4n) is 3.96. The van der Waals surface area contributed by atoms with Gasteiger partial charge in [-0.15, -0.1) is 0 Å². The van der Waals surface area contributed by atoms with Crippen LogP contribution in [0.3, 0.4) is 0 Å². The first kappa shape index (κ1) is 21.6. The molecule has 1 aromatic carbocycles. The summed E-state index contributed by atoms with van der Waals surface area (Å²) in [6.07, 6.45) is 0. The lowest BCUT2D eigenvalue weighted by atomic mass is 10.2. The molecule has 3 aromatic rings. The molecule has 0 spiro atoms. The van der Waals surface area contributed by atoms with Crippen LogP contribution < -0.4 is 5.56 Å². The van der Waals surface area contributed by atoms with E-state index in [0.29, 0.717) is 16.2 Å². The highest BCUT2D eigenvalue weighted by Gasteiger charge is 2.23. The third-order valence-corrected chi connectivity index (χ3v) is 6.54. The number of fused-ring (bicyclic) bond motifs is 1. The van der Waals surface area contributed by atoms with E-state index < -0.39 is 0 Å². The predicted molar refractivity (Wildman–Crippen MR) is 124 cm³/mol. The van der Waals surface area contributed by atoms with Crippen molar-refractivity contribution < 1.29 is 4.79 Å². The maximum Gasteiger partial charge on any atom is 0.278 e. The summed E-state index contributed by atoms with van der Waals surface area (Å²) in [5.41, 5.74) is 3.30. The van der Waals surface area contributed by atoms with E-state index in [1.807, 2.05) is 37.8 Å². The van der Waals surface area contributed by atoms with Crippen molar-refractivity contribution in [1.82, 2.24) is 24.3 Å². The zero-order valence-electron chi connectivity index (χ0n) is 18.3. The van der Waals surface area contributed by atoms with Crippen molar-refractivity contribution in [1.29, 1.82) is 0 Å². The Kier molecular flexibility index (Phi) is 6.48. The van der Waals surface area contributed by atoms with E-state index in [1.54, 1.807) is 4.57 Å². The lowest BCUT2D eigenvalue weighted by molar-refractivity contribution is -0.130. The zero-order chi connectivity index (χ0) is 22.0. The van der Waals surface area contributed by atoms with Crippen LogP contribution in [0.15, 0.2) is 46.3 Å². The molecule has 1 N–H and O–H groups in total. The molecule has 1 aliphatic rings. The molecule has 3 heterocycles. The molecule has 0 unspecified atom stereocenters. The fourth-order valence-corrected chi connectivity index (χ4v) is 4.99. The SMILES string of the molecule is Cc1cc2nc(SCC(=O)N3CCN(Cc4ccccc4)CC3)n(C(C)C)c(=O)c2[nH]1. The molecule has 1 aliphatic heterocycles. The minimum atomic E-state index is -0.0856. The van der Waals surface area contributed by atoms with Gasteiger partial charge in [-0.1, -0.05) is 42.1 Å². The smallest absolute Gasteiger partial charge is 0.278 e. The number of benzene rings is 1. The van der Waals surface area contributed by atoms with Gasteiger partial charge in [0.2, 0.25) is 5.91 Å². The second-order valence-electron chi connectivity index (χ2n) is 8.31. The quantitative estimate of drug-likeness (QED) is 0.472. The van der Waals surface area contributed by atoms with E-state index in [0.717, 1.165) is 38.4 Å². The molecule has 164 valence electrons. The van der Waals surface area contributed by atoms with Crippen molar-refractivity contribution in [2.75, 3.05) is 31.9 Å². The average Bonchev–Trinajstić information content (AvgIpc) is 3.13. The number of H-pyrrole nitrogens is 1. The Morgan fingerprint density at radius 3 is 2.55 bits per heavy atom. The van der Waals surface area contributed by atoms with Crippen molar-refractivity contribution in [3.63, 3.8) is 0 Å². The number of aromatic nitrogens is 3. The van der Waals surface area contributed by atoms with Gasteiger partial charge in [0.1, 0.15) is 5.52 Å². The first-order valence-electron chi connectivity index (χ1n) is 10.7. The van der Waals surface area contributed by atoms with E-state index in [1.165, 1.54) is 17.3 Å². The monoisotopic (exact) mass is 439 g/mol. The lowest BCUT2D eigenvalue weighted by Crippen LogP contribution is -2.48. The molecule has 1 saturated heterocycles. The van der Waals surface area contributed by atoms with Gasteiger partial charge in [0, 0.05) is 44.5 Å². The van der Waals surface area contributed by atoms with Crippen LogP contribution in [0.5, 0.6) is 0 Å². The standard InChI is InChI=1S/C23H29N5O2S/c1-16(2)28-22(30)21-19(13-17(3)24-21)25-23(28)31-15-20(29)27-11-9-26(10-12-27)14-18-7-5-4-6-8-18/h4-8,13,16,24H,9-12,14-15H2,1-3H3.